The van der Waals surface area contributed by atoms with Crippen molar-refractivity contribution in [3.8, 4) is 0 Å². The molecule has 0 radical (unpaired) electrons. The minimum atomic E-state index is 0.590. The molecule has 5 nitrogen and oxygen atoms in total. The minimum Gasteiger partial charge on any atom is -0.373 e. The van der Waals surface area contributed by atoms with Crippen LogP contribution >= 0.6 is 0 Å². The summed E-state index contributed by atoms with van der Waals surface area (Å²) in [5.74, 6) is 1.63. The van der Waals surface area contributed by atoms with Gasteiger partial charge in [-0.25, -0.2) is 9.50 Å². The minimum absolute atomic E-state index is 0.590. The van der Waals surface area contributed by atoms with Crippen LogP contribution in [0.15, 0.2) is 48.8 Å². The van der Waals surface area contributed by atoms with Gasteiger partial charge >= 0.3 is 0 Å². The van der Waals surface area contributed by atoms with E-state index in [1.165, 1.54) is 12.0 Å². The van der Waals surface area contributed by atoms with Crippen LogP contribution in [-0.4, -0.2) is 41.8 Å². The highest BCUT2D eigenvalue weighted by Gasteiger charge is 2.25. The Labute approximate surface area is 136 Å². The summed E-state index contributed by atoms with van der Waals surface area (Å²) in [5, 5.41) is 4.36. The molecular formula is C18H21N5. The van der Waals surface area contributed by atoms with E-state index in [1.54, 1.807) is 0 Å². The second kappa shape index (κ2) is 5.57. The zero-order valence-electron chi connectivity index (χ0n) is 13.6. The van der Waals surface area contributed by atoms with Gasteiger partial charge in [0.15, 0.2) is 5.65 Å². The first-order valence-electron chi connectivity index (χ1n) is 8.04. The molecule has 1 saturated heterocycles. The molecule has 3 aromatic rings. The molecule has 23 heavy (non-hydrogen) atoms. The fourth-order valence-electron chi connectivity index (χ4n) is 3.30. The lowest BCUT2D eigenvalue weighted by Gasteiger charge is -2.18. The summed E-state index contributed by atoms with van der Waals surface area (Å²) >= 11 is 0. The third kappa shape index (κ3) is 2.52. The third-order valence-corrected chi connectivity index (χ3v) is 4.60. The second-order valence-electron chi connectivity index (χ2n) is 6.32. The molecule has 1 aliphatic heterocycles. The quantitative estimate of drug-likeness (QED) is 0.745. The van der Waals surface area contributed by atoms with Gasteiger partial charge in [-0.05, 0) is 18.1 Å². The summed E-state index contributed by atoms with van der Waals surface area (Å²) in [6.45, 7) is 2.08. The van der Waals surface area contributed by atoms with Gasteiger partial charge in [0.05, 0.1) is 6.20 Å². The third-order valence-electron chi connectivity index (χ3n) is 4.60. The first-order chi connectivity index (χ1) is 11.2. The molecule has 1 aliphatic rings. The molecule has 0 saturated carbocycles. The number of benzene rings is 1. The predicted molar refractivity (Wildman–Crippen MR) is 93.3 cm³/mol. The molecule has 1 unspecified atom stereocenters. The summed E-state index contributed by atoms with van der Waals surface area (Å²) in [4.78, 5) is 9.28. The van der Waals surface area contributed by atoms with Crippen LogP contribution in [0.25, 0.3) is 5.65 Å². The smallest absolute Gasteiger partial charge is 0.180 e. The van der Waals surface area contributed by atoms with E-state index in [9.17, 15) is 0 Å². The highest BCUT2D eigenvalue weighted by molar-refractivity contribution is 5.69. The first-order valence-corrected chi connectivity index (χ1v) is 8.04. The van der Waals surface area contributed by atoms with E-state index in [0.29, 0.717) is 5.92 Å². The monoisotopic (exact) mass is 307 g/mol. The standard InChI is InChI=1S/C18H21N5/c1-21(2)16-12-19-23-11-9-17(20-18(16)23)22-10-8-15(13-22)14-6-4-3-5-7-14/h3-7,9,11-12,15H,8,10,13H2,1-2H3. The Kier molecular flexibility index (Phi) is 3.41. The summed E-state index contributed by atoms with van der Waals surface area (Å²) < 4.78 is 1.84. The molecule has 3 heterocycles. The van der Waals surface area contributed by atoms with Crippen molar-refractivity contribution in [2.45, 2.75) is 12.3 Å². The molecule has 5 heteroatoms. The normalized spacial score (nSPS) is 17.8. The number of anilines is 2. The lowest BCUT2D eigenvalue weighted by Crippen LogP contribution is -2.21. The second-order valence-corrected chi connectivity index (χ2v) is 6.32. The fourth-order valence-corrected chi connectivity index (χ4v) is 3.30. The van der Waals surface area contributed by atoms with Gasteiger partial charge in [0.2, 0.25) is 0 Å². The Bertz CT molecular complexity index is 809. The lowest BCUT2D eigenvalue weighted by atomic mass is 9.99. The van der Waals surface area contributed by atoms with Crippen LogP contribution in [0.5, 0.6) is 0 Å². The Morgan fingerprint density at radius 3 is 2.74 bits per heavy atom. The van der Waals surface area contributed by atoms with Crippen molar-refractivity contribution in [3.63, 3.8) is 0 Å². The number of aromatic nitrogens is 3. The van der Waals surface area contributed by atoms with Crippen molar-refractivity contribution < 1.29 is 0 Å². The average Bonchev–Trinajstić information content (AvgIpc) is 3.22. The van der Waals surface area contributed by atoms with Gasteiger partial charge in [0, 0.05) is 39.3 Å². The Morgan fingerprint density at radius 2 is 1.96 bits per heavy atom. The van der Waals surface area contributed by atoms with Crippen molar-refractivity contribution in [2.24, 2.45) is 0 Å². The van der Waals surface area contributed by atoms with Crippen LogP contribution in [0.3, 0.4) is 0 Å². The Balaban J connectivity index is 1.61. The topological polar surface area (TPSA) is 36.7 Å². The molecule has 0 amide bonds. The number of hydrogen-bond donors (Lipinski definition) is 0. The average molecular weight is 307 g/mol. The predicted octanol–water partition coefficient (Wildman–Crippen LogP) is 2.79. The van der Waals surface area contributed by atoms with Crippen LogP contribution in [0.2, 0.25) is 0 Å². The molecule has 1 atom stereocenters. The van der Waals surface area contributed by atoms with Gasteiger partial charge in [-0.15, -0.1) is 0 Å². The van der Waals surface area contributed by atoms with Gasteiger partial charge in [-0.1, -0.05) is 30.3 Å². The highest BCUT2D eigenvalue weighted by atomic mass is 15.3. The van der Waals surface area contributed by atoms with Gasteiger partial charge in [-0.2, -0.15) is 5.10 Å². The van der Waals surface area contributed by atoms with Crippen molar-refractivity contribution >= 4 is 17.2 Å². The maximum absolute atomic E-state index is 4.85. The molecule has 0 spiro atoms. The molecule has 1 fully saturated rings. The van der Waals surface area contributed by atoms with E-state index in [1.807, 2.05) is 31.0 Å². The van der Waals surface area contributed by atoms with Gasteiger partial charge in [0.1, 0.15) is 11.5 Å². The van der Waals surface area contributed by atoms with E-state index >= 15 is 0 Å². The van der Waals surface area contributed by atoms with Crippen LogP contribution in [0.1, 0.15) is 17.9 Å². The molecule has 1 aromatic carbocycles. The summed E-state index contributed by atoms with van der Waals surface area (Å²) in [7, 11) is 4.04. The number of rotatable bonds is 3. The Morgan fingerprint density at radius 1 is 1.13 bits per heavy atom. The molecular weight excluding hydrogens is 286 g/mol. The van der Waals surface area contributed by atoms with Crippen molar-refractivity contribution in [1.82, 2.24) is 14.6 Å². The Hall–Kier alpha value is -2.56. The van der Waals surface area contributed by atoms with E-state index in [0.717, 1.165) is 30.2 Å². The molecule has 2 aromatic heterocycles. The highest BCUT2D eigenvalue weighted by Crippen LogP contribution is 2.30. The summed E-state index contributed by atoms with van der Waals surface area (Å²) in [6, 6.07) is 12.8. The molecule has 0 aliphatic carbocycles. The van der Waals surface area contributed by atoms with Crippen molar-refractivity contribution in [3.05, 3.63) is 54.4 Å². The molecule has 0 bridgehead atoms. The molecule has 0 N–H and O–H groups in total. The SMILES string of the molecule is CN(C)c1cnn2ccc(N3CCC(c4ccccc4)C3)nc12. The lowest BCUT2D eigenvalue weighted by molar-refractivity contribution is 0.774. The van der Waals surface area contributed by atoms with Crippen molar-refractivity contribution in [2.75, 3.05) is 37.0 Å². The zero-order valence-corrected chi connectivity index (χ0v) is 13.6. The molecule has 4 rings (SSSR count). The molecule has 118 valence electrons. The van der Waals surface area contributed by atoms with E-state index in [2.05, 4.69) is 51.3 Å². The maximum atomic E-state index is 4.85. The zero-order chi connectivity index (χ0) is 15.8. The van der Waals surface area contributed by atoms with E-state index in [4.69, 9.17) is 4.98 Å². The van der Waals surface area contributed by atoms with Gasteiger partial charge in [-0.3, -0.25) is 0 Å². The van der Waals surface area contributed by atoms with Crippen LogP contribution in [0, 0.1) is 0 Å². The summed E-state index contributed by atoms with van der Waals surface area (Å²) in [5.41, 5.74) is 3.38. The maximum Gasteiger partial charge on any atom is 0.180 e. The fraction of sp³-hybridized carbons (Fsp3) is 0.333. The van der Waals surface area contributed by atoms with Gasteiger partial charge in [0.25, 0.3) is 0 Å². The van der Waals surface area contributed by atoms with Crippen LogP contribution in [-0.2, 0) is 0 Å². The van der Waals surface area contributed by atoms with Crippen LogP contribution in [0.4, 0.5) is 11.5 Å². The van der Waals surface area contributed by atoms with E-state index in [-0.39, 0.29) is 0 Å². The van der Waals surface area contributed by atoms with Crippen molar-refractivity contribution in [1.29, 1.82) is 0 Å². The number of nitrogens with zero attached hydrogens (tertiary/aromatic N) is 5. The number of fused-ring (bicyclic) bond motifs is 1. The van der Waals surface area contributed by atoms with Crippen LogP contribution < -0.4 is 9.80 Å². The van der Waals surface area contributed by atoms with E-state index < -0.39 is 0 Å². The largest absolute Gasteiger partial charge is 0.373 e. The number of hydrogen-bond acceptors (Lipinski definition) is 4. The summed E-state index contributed by atoms with van der Waals surface area (Å²) in [6.07, 6.45) is 5.04. The van der Waals surface area contributed by atoms with Gasteiger partial charge < -0.3 is 9.80 Å². The first kappa shape index (κ1) is 14.1.